The van der Waals surface area contributed by atoms with Crippen molar-refractivity contribution in [3.05, 3.63) is 23.8 Å². The number of rotatable bonds is 6. The summed E-state index contributed by atoms with van der Waals surface area (Å²) in [5.41, 5.74) is 0.542. The van der Waals surface area contributed by atoms with E-state index in [2.05, 4.69) is 10.6 Å². The summed E-state index contributed by atoms with van der Waals surface area (Å²) < 4.78 is 10.4. The summed E-state index contributed by atoms with van der Waals surface area (Å²) >= 11 is 0. The van der Waals surface area contributed by atoms with Gasteiger partial charge in [0.25, 0.3) is 5.91 Å². The number of hydrogen-bond acceptors (Lipinski definition) is 4. The molecule has 116 valence electrons. The molecule has 0 radical (unpaired) electrons. The van der Waals surface area contributed by atoms with Crippen molar-refractivity contribution in [2.45, 2.75) is 19.3 Å². The first kappa shape index (κ1) is 15.6. The van der Waals surface area contributed by atoms with Crippen molar-refractivity contribution in [3.63, 3.8) is 0 Å². The van der Waals surface area contributed by atoms with E-state index >= 15 is 0 Å². The minimum absolute atomic E-state index is 0.0988. The number of carbonyl (C=O) groups is 1. The number of ether oxygens (including phenoxy) is 2. The van der Waals surface area contributed by atoms with Gasteiger partial charge in [-0.25, -0.2) is 0 Å². The summed E-state index contributed by atoms with van der Waals surface area (Å²) in [5.74, 6) is 1.78. The SMILES string of the molecule is COc1ccc(C(=O)NCCC2CCCNC2)c(OC)c1. The molecule has 21 heavy (non-hydrogen) atoms. The van der Waals surface area contributed by atoms with Crippen LogP contribution in [0.2, 0.25) is 0 Å². The molecule has 2 rings (SSSR count). The largest absolute Gasteiger partial charge is 0.497 e. The van der Waals surface area contributed by atoms with Gasteiger partial charge in [0.2, 0.25) is 0 Å². The Morgan fingerprint density at radius 3 is 2.90 bits per heavy atom. The minimum Gasteiger partial charge on any atom is -0.497 e. The van der Waals surface area contributed by atoms with Gasteiger partial charge in [-0.3, -0.25) is 4.79 Å². The highest BCUT2D eigenvalue weighted by molar-refractivity contribution is 5.97. The molecule has 1 aromatic rings. The lowest BCUT2D eigenvalue weighted by Gasteiger charge is -2.22. The maximum atomic E-state index is 12.2. The highest BCUT2D eigenvalue weighted by atomic mass is 16.5. The van der Waals surface area contributed by atoms with Crippen LogP contribution in [0, 0.1) is 5.92 Å². The van der Waals surface area contributed by atoms with E-state index in [0.29, 0.717) is 29.5 Å². The van der Waals surface area contributed by atoms with Gasteiger partial charge in [-0.15, -0.1) is 0 Å². The zero-order valence-corrected chi connectivity index (χ0v) is 12.8. The van der Waals surface area contributed by atoms with Crippen LogP contribution in [-0.2, 0) is 0 Å². The Labute approximate surface area is 126 Å². The molecule has 0 aromatic heterocycles. The topological polar surface area (TPSA) is 59.6 Å². The fourth-order valence-corrected chi connectivity index (χ4v) is 2.64. The number of nitrogens with one attached hydrogen (secondary N) is 2. The predicted octanol–water partition coefficient (Wildman–Crippen LogP) is 1.82. The van der Waals surface area contributed by atoms with E-state index < -0.39 is 0 Å². The van der Waals surface area contributed by atoms with Crippen molar-refractivity contribution in [2.24, 2.45) is 5.92 Å². The highest BCUT2D eigenvalue weighted by Crippen LogP contribution is 2.24. The molecule has 2 N–H and O–H groups in total. The van der Waals surface area contributed by atoms with E-state index in [9.17, 15) is 4.79 Å². The molecule has 1 amide bonds. The van der Waals surface area contributed by atoms with Crippen LogP contribution in [-0.4, -0.2) is 39.8 Å². The summed E-state index contributed by atoms with van der Waals surface area (Å²) in [5, 5.41) is 6.36. The van der Waals surface area contributed by atoms with Crippen LogP contribution < -0.4 is 20.1 Å². The van der Waals surface area contributed by atoms with Gasteiger partial charge < -0.3 is 20.1 Å². The molecule has 1 aliphatic rings. The maximum Gasteiger partial charge on any atom is 0.255 e. The number of carbonyl (C=O) groups excluding carboxylic acids is 1. The van der Waals surface area contributed by atoms with Crippen molar-refractivity contribution in [2.75, 3.05) is 33.9 Å². The van der Waals surface area contributed by atoms with Gasteiger partial charge in [-0.1, -0.05) is 0 Å². The van der Waals surface area contributed by atoms with Crippen LogP contribution in [0.1, 0.15) is 29.6 Å². The van der Waals surface area contributed by atoms with Gasteiger partial charge in [-0.05, 0) is 50.4 Å². The molecule has 0 bridgehead atoms. The molecule has 5 heteroatoms. The third-order valence-corrected chi connectivity index (χ3v) is 3.89. The van der Waals surface area contributed by atoms with Crippen LogP contribution in [0.4, 0.5) is 0 Å². The number of methoxy groups -OCH3 is 2. The third kappa shape index (κ3) is 4.36. The molecule has 5 nitrogen and oxygen atoms in total. The first-order valence-corrected chi connectivity index (χ1v) is 7.45. The van der Waals surface area contributed by atoms with Crippen molar-refractivity contribution in [3.8, 4) is 11.5 Å². The monoisotopic (exact) mass is 292 g/mol. The van der Waals surface area contributed by atoms with Crippen molar-refractivity contribution in [1.82, 2.24) is 10.6 Å². The molecule has 1 aromatic carbocycles. The molecular formula is C16H24N2O3. The summed E-state index contributed by atoms with van der Waals surface area (Å²) in [6, 6.07) is 5.22. The lowest BCUT2D eigenvalue weighted by Crippen LogP contribution is -2.33. The Morgan fingerprint density at radius 1 is 1.38 bits per heavy atom. The lowest BCUT2D eigenvalue weighted by atomic mass is 9.96. The second-order valence-electron chi connectivity index (χ2n) is 5.32. The van der Waals surface area contributed by atoms with E-state index in [1.165, 1.54) is 12.8 Å². The van der Waals surface area contributed by atoms with Crippen molar-refractivity contribution >= 4 is 5.91 Å². The Kier molecular flexibility index (Phi) is 5.87. The zero-order valence-electron chi connectivity index (χ0n) is 12.8. The van der Waals surface area contributed by atoms with E-state index in [1.54, 1.807) is 32.4 Å². The quantitative estimate of drug-likeness (QED) is 0.840. The molecular weight excluding hydrogens is 268 g/mol. The van der Waals surface area contributed by atoms with Crippen molar-refractivity contribution < 1.29 is 14.3 Å². The predicted molar refractivity (Wildman–Crippen MR) is 82.1 cm³/mol. The van der Waals surface area contributed by atoms with Gasteiger partial charge in [0.15, 0.2) is 0 Å². The Balaban J connectivity index is 1.87. The molecule has 1 aliphatic heterocycles. The van der Waals surface area contributed by atoms with E-state index in [0.717, 1.165) is 19.5 Å². The van der Waals surface area contributed by atoms with Crippen molar-refractivity contribution in [1.29, 1.82) is 0 Å². The fraction of sp³-hybridized carbons (Fsp3) is 0.562. The zero-order chi connectivity index (χ0) is 15.1. The highest BCUT2D eigenvalue weighted by Gasteiger charge is 2.15. The van der Waals surface area contributed by atoms with Gasteiger partial charge >= 0.3 is 0 Å². The number of piperidine rings is 1. The third-order valence-electron chi connectivity index (χ3n) is 3.89. The normalized spacial score (nSPS) is 18.1. The van der Waals surface area contributed by atoms with Crippen LogP contribution in [0.15, 0.2) is 18.2 Å². The molecule has 1 atom stereocenters. The lowest BCUT2D eigenvalue weighted by molar-refractivity contribution is 0.0947. The smallest absolute Gasteiger partial charge is 0.255 e. The first-order chi connectivity index (χ1) is 10.2. The molecule has 1 heterocycles. The van der Waals surface area contributed by atoms with E-state index in [-0.39, 0.29) is 5.91 Å². The number of amides is 1. The van der Waals surface area contributed by atoms with Crippen LogP contribution >= 0.6 is 0 Å². The van der Waals surface area contributed by atoms with Crippen LogP contribution in [0.3, 0.4) is 0 Å². The minimum atomic E-state index is -0.0988. The molecule has 1 saturated heterocycles. The Hall–Kier alpha value is -1.75. The summed E-state index contributed by atoms with van der Waals surface area (Å²) in [7, 11) is 3.14. The molecule has 0 saturated carbocycles. The van der Waals surface area contributed by atoms with Gasteiger partial charge in [0, 0.05) is 12.6 Å². The average Bonchev–Trinajstić information content (AvgIpc) is 2.55. The number of hydrogen-bond donors (Lipinski definition) is 2. The maximum absolute atomic E-state index is 12.2. The summed E-state index contributed by atoms with van der Waals surface area (Å²) in [6.07, 6.45) is 3.48. The second-order valence-corrected chi connectivity index (χ2v) is 5.32. The fourth-order valence-electron chi connectivity index (χ4n) is 2.64. The number of benzene rings is 1. The van der Waals surface area contributed by atoms with Crippen LogP contribution in [0.25, 0.3) is 0 Å². The summed E-state index contributed by atoms with van der Waals surface area (Å²) in [6.45, 7) is 2.87. The second kappa shape index (κ2) is 7.88. The van der Waals surface area contributed by atoms with E-state index in [4.69, 9.17) is 9.47 Å². The molecule has 0 spiro atoms. The Morgan fingerprint density at radius 2 is 2.24 bits per heavy atom. The molecule has 0 aliphatic carbocycles. The molecule has 1 unspecified atom stereocenters. The molecule has 1 fully saturated rings. The Bertz CT molecular complexity index is 471. The van der Waals surface area contributed by atoms with Crippen LogP contribution in [0.5, 0.6) is 11.5 Å². The van der Waals surface area contributed by atoms with Gasteiger partial charge in [0.1, 0.15) is 11.5 Å². The standard InChI is InChI=1S/C16H24N2O3/c1-20-13-5-6-14(15(10-13)21-2)16(19)18-9-7-12-4-3-8-17-11-12/h5-6,10,12,17H,3-4,7-9,11H2,1-2H3,(H,18,19). The first-order valence-electron chi connectivity index (χ1n) is 7.45. The van der Waals surface area contributed by atoms with Gasteiger partial charge in [0.05, 0.1) is 19.8 Å². The summed E-state index contributed by atoms with van der Waals surface area (Å²) in [4.78, 5) is 12.2. The van der Waals surface area contributed by atoms with Gasteiger partial charge in [-0.2, -0.15) is 0 Å². The average molecular weight is 292 g/mol. The van der Waals surface area contributed by atoms with E-state index in [1.807, 2.05) is 0 Å².